The number of aromatic amines is 2. The van der Waals surface area contributed by atoms with Crippen LogP contribution in [0.15, 0.2) is 34.9 Å². The average Bonchev–Trinajstić information content (AvgIpc) is 4.17. The number of hydrogen-bond acceptors (Lipinski definition) is 29. The second kappa shape index (κ2) is 20.3. The number of ether oxygens (including phenoxy) is 4. The third-order valence-electron chi connectivity index (χ3n) is 11.6. The molecule has 6 aromatic heterocycles. The first kappa shape index (κ1) is 54.6. The van der Waals surface area contributed by atoms with Gasteiger partial charge in [-0.3, -0.25) is 51.4 Å². The summed E-state index contributed by atoms with van der Waals surface area (Å²) in [5, 5.41) is 43.2. The van der Waals surface area contributed by atoms with Gasteiger partial charge in [-0.2, -0.15) is 13.6 Å². The lowest BCUT2D eigenvalue weighted by atomic mass is 10.1. The van der Waals surface area contributed by atoms with E-state index in [1.807, 2.05) is 0 Å². The van der Waals surface area contributed by atoms with Gasteiger partial charge in [0.1, 0.15) is 66.8 Å². The number of H-pyrrole nitrogens is 2. The number of hydrogen-bond donors (Lipinski definition) is 13. The first-order valence-electron chi connectivity index (χ1n) is 21.2. The summed E-state index contributed by atoms with van der Waals surface area (Å²) >= 11 is 0. The number of anilines is 3. The third-order valence-corrected chi connectivity index (χ3v) is 16.8. The van der Waals surface area contributed by atoms with E-state index in [0.29, 0.717) is 0 Å². The Labute approximate surface area is 414 Å². The molecule has 4 unspecified atom stereocenters. The van der Waals surface area contributed by atoms with E-state index in [4.69, 9.17) is 49.7 Å². The molecule has 16 N–H and O–H groups in total. The van der Waals surface area contributed by atoms with Crippen LogP contribution in [0.2, 0.25) is 0 Å². The summed E-state index contributed by atoms with van der Waals surface area (Å²) in [7, 11) is -20.9. The fourth-order valence-corrected chi connectivity index (χ4v) is 12.8. The van der Waals surface area contributed by atoms with E-state index in [9.17, 15) is 67.8 Å². The number of fused-ring (bicyclic) bond motifs is 3. The highest BCUT2D eigenvalue weighted by atomic mass is 31.3. The molecular weight excluding hydrogens is 1100 g/mol. The Morgan fingerprint density at radius 1 is 0.667 bits per heavy atom. The number of nitrogens with one attached hydrogen (secondary N) is 2. The van der Waals surface area contributed by atoms with Gasteiger partial charge in [-0.15, -0.1) is 0 Å². The van der Waals surface area contributed by atoms with E-state index in [2.05, 4.69) is 53.0 Å². The highest BCUT2D eigenvalue weighted by Crippen LogP contribution is 2.68. The lowest BCUT2D eigenvalue weighted by molar-refractivity contribution is -0.745. The maximum absolute atomic E-state index is 13.7. The van der Waals surface area contributed by atoms with Crippen molar-refractivity contribution in [3.8, 4) is 0 Å². The van der Waals surface area contributed by atoms with Crippen LogP contribution in [0.4, 0.5) is 17.7 Å². The van der Waals surface area contributed by atoms with Crippen molar-refractivity contribution in [1.29, 1.82) is 0 Å². The zero-order chi connectivity index (χ0) is 54.3. The molecule has 3 saturated heterocycles. The number of aryl methyl sites for hydroxylation is 1. The Morgan fingerprint density at radius 2 is 1.23 bits per heavy atom. The monoisotopic (exact) mass is 1150 g/mol. The summed E-state index contributed by atoms with van der Waals surface area (Å²) < 4.78 is 109. The molecule has 3 aliphatic rings. The molecule has 43 heteroatoms. The SMILES string of the molecule is CO[C@@H]1[C@H](OP(=O)(O)OC[C@H]2O[C@@H](n3cnc4c(=O)[nH]c(N)nc43)[C@H](O)[C@@H]2O)[C@@H](COP(=O)(O)OP(=O)(O)OP(=O)(O)OC[C@@H]2O[C@H]([n+]3cn(C)c4c(=O)[nH]c(N)nc43)[C@@H](O)[C@H]2O)O[C@H]1n1cnc2c(N)ncnc21. The Bertz CT molecular complexity index is 3470. The minimum absolute atomic E-state index is 0.00606. The Morgan fingerprint density at radius 3 is 1.89 bits per heavy atom. The van der Waals surface area contributed by atoms with Gasteiger partial charge in [0.15, 0.2) is 41.4 Å². The molecule has 9 heterocycles. The number of phosphoric acid groups is 4. The minimum Gasteiger partial charge on any atom is -0.387 e. The molecule has 0 spiro atoms. The largest absolute Gasteiger partial charge is 0.490 e. The van der Waals surface area contributed by atoms with Gasteiger partial charge in [0.05, 0.1) is 39.5 Å². The van der Waals surface area contributed by atoms with Crippen LogP contribution in [0.1, 0.15) is 18.7 Å². The van der Waals surface area contributed by atoms with Gasteiger partial charge >= 0.3 is 36.9 Å². The zero-order valence-electron chi connectivity index (χ0n) is 38.0. The first-order chi connectivity index (χ1) is 35.2. The quantitative estimate of drug-likeness (QED) is 0.0268. The van der Waals surface area contributed by atoms with Gasteiger partial charge in [-0.1, -0.05) is 4.98 Å². The average molecular weight is 1150 g/mol. The van der Waals surface area contributed by atoms with Gasteiger partial charge in [0.2, 0.25) is 17.7 Å². The van der Waals surface area contributed by atoms with Crippen molar-refractivity contribution in [3.63, 3.8) is 0 Å². The zero-order valence-corrected chi connectivity index (χ0v) is 41.5. The number of phosphoric ester groups is 3. The predicted molar refractivity (Wildman–Crippen MR) is 239 cm³/mol. The number of aromatic nitrogens is 12. The summed E-state index contributed by atoms with van der Waals surface area (Å²) in [4.78, 5) is 95.6. The number of imidazole rings is 3. The van der Waals surface area contributed by atoms with Crippen LogP contribution in [-0.4, -0.2) is 175 Å². The van der Waals surface area contributed by atoms with E-state index in [-0.39, 0.29) is 51.2 Å². The molecule has 6 aromatic rings. The van der Waals surface area contributed by atoms with Crippen molar-refractivity contribution in [2.45, 2.75) is 73.6 Å². The summed E-state index contributed by atoms with van der Waals surface area (Å²) in [5.74, 6) is -0.716. The Kier molecular flexibility index (Phi) is 14.8. The second-order valence-electron chi connectivity index (χ2n) is 16.5. The van der Waals surface area contributed by atoms with Gasteiger partial charge in [-0.25, -0.2) is 42.8 Å². The summed E-state index contributed by atoms with van der Waals surface area (Å²) in [6.45, 7) is -3.40. The number of nitrogen functional groups attached to an aromatic ring is 3. The first-order valence-corrected chi connectivity index (χ1v) is 27.1. The van der Waals surface area contributed by atoms with Crippen LogP contribution in [0.5, 0.6) is 0 Å². The van der Waals surface area contributed by atoms with E-state index in [1.54, 1.807) is 0 Å². The predicted octanol–water partition coefficient (Wildman–Crippen LogP) is -4.71. The molecule has 0 amide bonds. The molecule has 9 rings (SSSR count). The van der Waals surface area contributed by atoms with Crippen molar-refractivity contribution in [2.75, 3.05) is 44.1 Å². The number of nitrogens with two attached hydrogens (primary N) is 3. The number of methoxy groups -OCH3 is 1. The molecule has 16 atom stereocenters. The molecule has 410 valence electrons. The maximum Gasteiger partial charge on any atom is 0.490 e. The maximum atomic E-state index is 13.7. The van der Waals surface area contributed by atoms with Crippen molar-refractivity contribution in [2.24, 2.45) is 7.05 Å². The molecule has 3 fully saturated rings. The number of aliphatic hydroxyl groups excluding tert-OH is 4. The lowest BCUT2D eigenvalue weighted by Crippen LogP contribution is -2.46. The standard InChI is InChI=1S/C32H43N15O24P4/c1-44-9-47(25-15(44)27(53)43-32(35)41-25)29-19(51)17(49)11(67-29)4-64-73(56,57)70-75(60,61)71-74(58,59)65-5-12-20(21(62-2)30(68-12)45-7-38-13-22(33)36-6-37-23(13)45)69-72(54,55)63-3-10-16(48)18(50)28(66-10)46-8-39-14-24(46)40-31(34)42-26(14)52/h6-12,16-21,28-30,48-51H,3-5H2,1-2H3,(H11-,33,34,35,36,37,40,41,42,43,52,53,54,55,56,57,58,59,60,61)/p+1/t10-,11+,12-,16-,17+,18-,19+,20-,21-,28-,29+,30-/m1/s1. The normalized spacial score (nSPS) is 30.5. The highest BCUT2D eigenvalue weighted by molar-refractivity contribution is 7.66. The topological polar surface area (TPSA) is 562 Å². The van der Waals surface area contributed by atoms with Crippen LogP contribution >= 0.6 is 31.3 Å². The van der Waals surface area contributed by atoms with E-state index in [1.165, 1.54) is 22.5 Å². The van der Waals surface area contributed by atoms with Crippen molar-refractivity contribution in [1.82, 2.24) is 53.6 Å². The van der Waals surface area contributed by atoms with Crippen molar-refractivity contribution < 1.29 is 108 Å². The fourth-order valence-electron chi connectivity index (χ4n) is 8.29. The number of rotatable bonds is 19. The molecule has 0 aliphatic carbocycles. The molecule has 0 radical (unpaired) electrons. The third kappa shape index (κ3) is 10.9. The Balaban J connectivity index is 0.862. The van der Waals surface area contributed by atoms with Crippen LogP contribution in [0, 0.1) is 0 Å². The fraction of sp³-hybridized carbons (Fsp3) is 0.531. The van der Waals surface area contributed by atoms with Gasteiger partial charge in [0, 0.05) is 7.11 Å². The van der Waals surface area contributed by atoms with Gasteiger partial charge in [-0.05, 0) is 0 Å². The lowest BCUT2D eigenvalue weighted by Gasteiger charge is -2.26. The molecule has 39 nitrogen and oxygen atoms in total. The van der Waals surface area contributed by atoms with Crippen LogP contribution in [-0.2, 0) is 71.0 Å². The molecule has 0 aromatic carbocycles. The van der Waals surface area contributed by atoms with Crippen molar-refractivity contribution >= 4 is 82.5 Å². The molecule has 3 aliphatic heterocycles. The summed E-state index contributed by atoms with van der Waals surface area (Å²) in [6, 6.07) is 0. The smallest absolute Gasteiger partial charge is 0.387 e. The Hall–Kier alpha value is -5.15. The molecule has 0 saturated carbocycles. The molecule has 0 bridgehead atoms. The van der Waals surface area contributed by atoms with Crippen LogP contribution in [0.3, 0.4) is 0 Å². The van der Waals surface area contributed by atoms with E-state index < -0.39 is 136 Å². The van der Waals surface area contributed by atoms with Gasteiger partial charge < -0.3 is 76.1 Å². The van der Waals surface area contributed by atoms with Crippen molar-refractivity contribution in [3.05, 3.63) is 46.0 Å². The van der Waals surface area contributed by atoms with Gasteiger partial charge in [0.25, 0.3) is 17.1 Å². The molecular formula is C32H44N15O24P4+. The second-order valence-corrected chi connectivity index (χ2v) is 22.5. The van der Waals surface area contributed by atoms with E-state index >= 15 is 0 Å². The van der Waals surface area contributed by atoms with Crippen LogP contribution in [0.25, 0.3) is 33.5 Å². The number of nitrogens with zero attached hydrogens (tertiary/aromatic N) is 10. The van der Waals surface area contributed by atoms with Crippen LogP contribution < -0.4 is 32.9 Å². The highest BCUT2D eigenvalue weighted by Gasteiger charge is 2.54. The molecule has 75 heavy (non-hydrogen) atoms. The summed E-state index contributed by atoms with van der Waals surface area (Å²) in [5.41, 5.74) is 15.4. The number of aliphatic hydroxyl groups is 4. The van der Waals surface area contributed by atoms with E-state index in [0.717, 1.165) is 35.2 Å². The summed E-state index contributed by atoms with van der Waals surface area (Å²) in [6.07, 6.45) is -15.8. The minimum atomic E-state index is -6.20.